The van der Waals surface area contributed by atoms with Crippen LogP contribution in [0.1, 0.15) is 32.8 Å². The van der Waals surface area contributed by atoms with Crippen LogP contribution < -0.4 is 9.62 Å². The Morgan fingerprint density at radius 2 is 1.63 bits per heavy atom. The Morgan fingerprint density at radius 1 is 0.974 bits per heavy atom. The van der Waals surface area contributed by atoms with Gasteiger partial charge >= 0.3 is 0 Å². The van der Waals surface area contributed by atoms with Gasteiger partial charge in [0.1, 0.15) is 18.4 Å². The molecule has 202 valence electrons. The van der Waals surface area contributed by atoms with Crippen molar-refractivity contribution < 1.29 is 22.4 Å². The van der Waals surface area contributed by atoms with Crippen LogP contribution in [-0.4, -0.2) is 43.8 Å². The average molecular weight is 605 g/mol. The molecule has 2 atom stereocenters. The Kier molecular flexibility index (Phi) is 10.0. The van der Waals surface area contributed by atoms with E-state index < -0.39 is 40.2 Å². The van der Waals surface area contributed by atoms with Gasteiger partial charge in [0.05, 0.1) is 10.6 Å². The van der Waals surface area contributed by atoms with Gasteiger partial charge in [-0.1, -0.05) is 65.3 Å². The molecule has 3 aromatic rings. The third-order valence-corrected chi connectivity index (χ3v) is 8.45. The largest absolute Gasteiger partial charge is 0.352 e. The van der Waals surface area contributed by atoms with Crippen molar-refractivity contribution in [1.29, 1.82) is 0 Å². The van der Waals surface area contributed by atoms with E-state index in [4.69, 9.17) is 0 Å². The minimum Gasteiger partial charge on any atom is -0.352 e. The first-order valence-electron chi connectivity index (χ1n) is 12.2. The fourth-order valence-corrected chi connectivity index (χ4v) is 5.55. The first kappa shape index (κ1) is 29.3. The number of nitrogens with one attached hydrogen (secondary N) is 1. The summed E-state index contributed by atoms with van der Waals surface area (Å²) in [7, 11) is -4.16. The maximum atomic E-state index is 14.6. The van der Waals surface area contributed by atoms with E-state index in [1.807, 2.05) is 13.8 Å². The molecule has 0 heterocycles. The Morgan fingerprint density at radius 3 is 2.26 bits per heavy atom. The van der Waals surface area contributed by atoms with Crippen LogP contribution in [0.3, 0.4) is 0 Å². The Bertz CT molecular complexity index is 1370. The lowest BCUT2D eigenvalue weighted by Gasteiger charge is -2.32. The molecule has 3 aromatic carbocycles. The van der Waals surface area contributed by atoms with Crippen LogP contribution >= 0.6 is 15.9 Å². The van der Waals surface area contributed by atoms with Crippen LogP contribution in [0.25, 0.3) is 0 Å². The summed E-state index contributed by atoms with van der Waals surface area (Å²) in [5, 5.41) is 2.85. The normalized spacial score (nSPS) is 12.9. The van der Waals surface area contributed by atoms with Gasteiger partial charge in [0, 0.05) is 22.6 Å². The van der Waals surface area contributed by atoms with E-state index in [9.17, 15) is 22.4 Å². The quantitative estimate of drug-likeness (QED) is 0.330. The fourth-order valence-electron chi connectivity index (χ4n) is 3.74. The van der Waals surface area contributed by atoms with E-state index in [2.05, 4.69) is 21.2 Å². The van der Waals surface area contributed by atoms with Crippen LogP contribution in [0.5, 0.6) is 0 Å². The molecule has 0 saturated heterocycles. The van der Waals surface area contributed by atoms with Gasteiger partial charge in [-0.15, -0.1) is 0 Å². The molecule has 0 radical (unpaired) electrons. The van der Waals surface area contributed by atoms with E-state index in [1.165, 1.54) is 35.2 Å². The molecular weight excluding hydrogens is 573 g/mol. The smallest absolute Gasteiger partial charge is 0.264 e. The van der Waals surface area contributed by atoms with E-state index in [1.54, 1.807) is 55.5 Å². The van der Waals surface area contributed by atoms with E-state index in [0.717, 1.165) is 4.31 Å². The van der Waals surface area contributed by atoms with Crippen LogP contribution in [0, 0.1) is 5.82 Å². The first-order chi connectivity index (χ1) is 18.0. The number of rotatable bonds is 11. The number of benzene rings is 3. The van der Waals surface area contributed by atoms with Gasteiger partial charge in [-0.05, 0) is 56.7 Å². The summed E-state index contributed by atoms with van der Waals surface area (Å²) in [6, 6.07) is 19.2. The summed E-state index contributed by atoms with van der Waals surface area (Å²) in [5.74, 6) is -1.59. The molecule has 0 aromatic heterocycles. The SMILES string of the molecule is CC[C@@H](C)NC(=O)[C@H](C)N(Cc1ccccc1F)C(=O)CN(c1cccc(Br)c1)S(=O)(=O)c1ccccc1. The molecule has 0 spiro atoms. The van der Waals surface area contributed by atoms with Gasteiger partial charge in [0.25, 0.3) is 10.0 Å². The van der Waals surface area contributed by atoms with Crippen molar-refractivity contribution in [2.45, 2.75) is 50.7 Å². The molecule has 38 heavy (non-hydrogen) atoms. The number of hydrogen-bond donors (Lipinski definition) is 1. The minimum absolute atomic E-state index is 0.0102. The van der Waals surface area contributed by atoms with Gasteiger partial charge in [-0.25, -0.2) is 12.8 Å². The number of carbonyl (C=O) groups excluding carboxylic acids is 2. The van der Waals surface area contributed by atoms with Crippen LogP contribution in [0.2, 0.25) is 0 Å². The predicted octanol–water partition coefficient (Wildman–Crippen LogP) is 5.12. The Balaban J connectivity index is 2.03. The number of anilines is 1. The zero-order chi connectivity index (χ0) is 27.9. The zero-order valence-electron chi connectivity index (χ0n) is 21.5. The lowest BCUT2D eigenvalue weighted by Crippen LogP contribution is -2.52. The Labute approximate surface area is 231 Å². The predicted molar refractivity (Wildman–Crippen MR) is 149 cm³/mol. The maximum absolute atomic E-state index is 14.6. The van der Waals surface area contributed by atoms with Crippen LogP contribution in [-0.2, 0) is 26.2 Å². The highest BCUT2D eigenvalue weighted by Gasteiger charge is 2.33. The summed E-state index contributed by atoms with van der Waals surface area (Å²) in [6.45, 7) is 4.50. The second-order valence-electron chi connectivity index (χ2n) is 8.91. The summed E-state index contributed by atoms with van der Waals surface area (Å²) in [4.78, 5) is 28.0. The van der Waals surface area contributed by atoms with Crippen molar-refractivity contribution >= 4 is 43.5 Å². The third-order valence-electron chi connectivity index (χ3n) is 6.17. The number of halogens is 2. The highest BCUT2D eigenvalue weighted by atomic mass is 79.9. The lowest BCUT2D eigenvalue weighted by molar-refractivity contribution is -0.139. The first-order valence-corrected chi connectivity index (χ1v) is 14.4. The van der Waals surface area contributed by atoms with Gasteiger partial charge in [-0.3, -0.25) is 13.9 Å². The zero-order valence-corrected chi connectivity index (χ0v) is 23.9. The van der Waals surface area contributed by atoms with E-state index in [-0.39, 0.29) is 28.7 Å². The molecule has 0 aliphatic rings. The van der Waals surface area contributed by atoms with Gasteiger partial charge in [0.15, 0.2) is 0 Å². The van der Waals surface area contributed by atoms with Crippen molar-refractivity contribution in [2.24, 2.45) is 0 Å². The second-order valence-corrected chi connectivity index (χ2v) is 11.7. The number of hydrogen-bond acceptors (Lipinski definition) is 4. The van der Waals surface area contributed by atoms with Gasteiger partial charge < -0.3 is 10.2 Å². The molecule has 0 aliphatic carbocycles. The van der Waals surface area contributed by atoms with Crippen molar-refractivity contribution in [1.82, 2.24) is 10.2 Å². The topological polar surface area (TPSA) is 86.8 Å². The van der Waals surface area contributed by atoms with Crippen LogP contribution in [0.4, 0.5) is 10.1 Å². The van der Waals surface area contributed by atoms with E-state index in [0.29, 0.717) is 10.9 Å². The number of carbonyl (C=O) groups is 2. The Hall–Kier alpha value is -3.24. The minimum atomic E-state index is -4.16. The van der Waals surface area contributed by atoms with Crippen molar-refractivity contribution in [3.63, 3.8) is 0 Å². The van der Waals surface area contributed by atoms with Crippen molar-refractivity contribution in [3.05, 3.63) is 94.7 Å². The number of amides is 2. The molecule has 7 nitrogen and oxygen atoms in total. The average Bonchev–Trinajstić information content (AvgIpc) is 2.91. The second kappa shape index (κ2) is 13.0. The van der Waals surface area contributed by atoms with Gasteiger partial charge in [-0.2, -0.15) is 0 Å². The monoisotopic (exact) mass is 603 g/mol. The molecule has 1 N–H and O–H groups in total. The lowest BCUT2D eigenvalue weighted by atomic mass is 10.1. The van der Waals surface area contributed by atoms with Crippen molar-refractivity contribution in [3.8, 4) is 0 Å². The molecule has 10 heteroatoms. The molecule has 0 aliphatic heterocycles. The summed E-state index contributed by atoms with van der Waals surface area (Å²) in [5.41, 5.74) is 0.475. The van der Waals surface area contributed by atoms with E-state index >= 15 is 0 Å². The highest BCUT2D eigenvalue weighted by Crippen LogP contribution is 2.27. The molecular formula is C28H31BrFN3O4S. The summed E-state index contributed by atoms with van der Waals surface area (Å²) >= 11 is 3.36. The van der Waals surface area contributed by atoms with Gasteiger partial charge in [0.2, 0.25) is 11.8 Å². The van der Waals surface area contributed by atoms with Crippen LogP contribution in [0.15, 0.2) is 88.2 Å². The number of sulfonamides is 1. The molecule has 0 saturated carbocycles. The number of nitrogens with zero attached hydrogens (tertiary/aromatic N) is 2. The highest BCUT2D eigenvalue weighted by molar-refractivity contribution is 9.10. The molecule has 3 rings (SSSR count). The standard InChI is InChI=1S/C28H31BrFN3O4S/c1-4-20(2)31-28(35)21(3)32(18-22-11-8-9-16-26(22)30)27(34)19-33(24-13-10-12-23(29)17-24)38(36,37)25-14-6-5-7-15-25/h5-17,20-21H,4,18-19H2,1-3H3,(H,31,35)/t20-,21+/m1/s1. The molecule has 2 amide bonds. The summed E-state index contributed by atoms with van der Waals surface area (Å²) < 4.78 is 43.6. The summed E-state index contributed by atoms with van der Waals surface area (Å²) in [6.07, 6.45) is 0.686. The maximum Gasteiger partial charge on any atom is 0.264 e. The molecule has 0 unspecified atom stereocenters. The van der Waals surface area contributed by atoms with Crippen molar-refractivity contribution in [2.75, 3.05) is 10.8 Å². The molecule has 0 fully saturated rings. The third kappa shape index (κ3) is 7.20. The molecule has 0 bridgehead atoms. The fraction of sp³-hybridized carbons (Fsp3) is 0.286.